The molecule has 434 valence electrons. The zero-order chi connectivity index (χ0) is 61.1. The Kier molecular flexibility index (Phi) is 13.2. The summed E-state index contributed by atoms with van der Waals surface area (Å²) in [6.45, 7) is 17.7. The molecule has 0 saturated carbocycles. The van der Waals surface area contributed by atoms with E-state index in [4.69, 9.17) is 4.42 Å². The van der Waals surface area contributed by atoms with Crippen molar-refractivity contribution in [1.29, 1.82) is 0 Å². The molecule has 2 aromatic heterocycles. The third-order valence-corrected chi connectivity index (χ3v) is 19.4. The highest BCUT2D eigenvalue weighted by Crippen LogP contribution is 2.65. The van der Waals surface area contributed by atoms with Crippen molar-refractivity contribution in [3.05, 3.63) is 311 Å². The quantitative estimate of drug-likeness (QED) is 0.136. The van der Waals surface area contributed by atoms with E-state index in [2.05, 4.69) is 278 Å². The Labute approximate surface area is 523 Å². The van der Waals surface area contributed by atoms with Crippen LogP contribution in [0.1, 0.15) is 86.1 Å². The first-order chi connectivity index (χ1) is 43.0. The average Bonchev–Trinajstić information content (AvgIpc) is 1.51. The molecular weight excluding hydrogens is 1110 g/mol. The second kappa shape index (κ2) is 21.2. The van der Waals surface area contributed by atoms with E-state index in [1.165, 1.54) is 17.2 Å². The maximum absolute atomic E-state index is 17.0. The number of aryl methyl sites for hydroxylation is 2. The summed E-state index contributed by atoms with van der Waals surface area (Å²) in [5, 5.41) is 4.10. The van der Waals surface area contributed by atoms with Gasteiger partial charge in [-0.05, 0) is 172 Å². The largest absolute Gasteiger partial charge is 0.455 e. The maximum atomic E-state index is 17.0. The Morgan fingerprint density at radius 3 is 1.53 bits per heavy atom. The number of fused-ring (bicyclic) bond motifs is 11. The molecule has 1 unspecified atom stereocenters. The molecule has 14 aromatic rings. The summed E-state index contributed by atoms with van der Waals surface area (Å²) >= 11 is 1.77. The first kappa shape index (κ1) is 55.7. The van der Waals surface area contributed by atoms with Gasteiger partial charge in [0.05, 0.1) is 38.3 Å². The van der Waals surface area contributed by atoms with Crippen LogP contribution in [0.3, 0.4) is 0 Å². The molecule has 1 aliphatic rings. The van der Waals surface area contributed by atoms with Gasteiger partial charge in [-0.25, -0.2) is 8.78 Å². The van der Waals surface area contributed by atoms with E-state index < -0.39 is 5.41 Å². The van der Waals surface area contributed by atoms with Gasteiger partial charge in [-0.1, -0.05) is 210 Å². The number of nitrogens with zero attached hydrogens (tertiary/aromatic N) is 2. The molecule has 0 saturated heterocycles. The van der Waals surface area contributed by atoms with Gasteiger partial charge >= 0.3 is 0 Å². The van der Waals surface area contributed by atoms with Crippen LogP contribution >= 0.6 is 11.3 Å². The summed E-state index contributed by atoms with van der Waals surface area (Å²) in [7, 11) is 0. The van der Waals surface area contributed by atoms with E-state index in [0.717, 1.165) is 143 Å². The van der Waals surface area contributed by atoms with Crippen LogP contribution in [-0.4, -0.2) is 0 Å². The fourth-order valence-corrected chi connectivity index (χ4v) is 15.2. The number of thiophene rings is 1. The van der Waals surface area contributed by atoms with Crippen molar-refractivity contribution in [2.24, 2.45) is 0 Å². The normalized spacial score (nSPS) is 14.0. The highest BCUT2D eigenvalue weighted by Gasteiger charge is 2.50. The Morgan fingerprint density at radius 1 is 0.404 bits per heavy atom. The average molecular weight is 1180 g/mol. The number of furan rings is 1. The van der Waals surface area contributed by atoms with Crippen molar-refractivity contribution in [3.63, 3.8) is 0 Å². The summed E-state index contributed by atoms with van der Waals surface area (Å²) in [6, 6.07) is 88.9. The van der Waals surface area contributed by atoms with E-state index in [-0.39, 0.29) is 22.5 Å². The number of anilines is 6. The zero-order valence-corrected chi connectivity index (χ0v) is 52.0. The minimum absolute atomic E-state index is 0.0992. The predicted molar refractivity (Wildman–Crippen MR) is 371 cm³/mol. The number of rotatable bonds is 10. The van der Waals surface area contributed by atoms with Crippen molar-refractivity contribution in [2.75, 3.05) is 9.80 Å². The van der Waals surface area contributed by atoms with Crippen molar-refractivity contribution >= 4 is 87.6 Å². The maximum Gasteiger partial charge on any atom is 0.145 e. The Hall–Kier alpha value is -9.88. The molecule has 89 heavy (non-hydrogen) atoms. The molecule has 1 atom stereocenters. The molecule has 2 heterocycles. The lowest BCUT2D eigenvalue weighted by atomic mass is 9.67. The second-order valence-corrected chi connectivity index (χ2v) is 27.1. The van der Waals surface area contributed by atoms with Gasteiger partial charge in [0.15, 0.2) is 0 Å². The minimum atomic E-state index is -1.19. The fraction of sp³-hybridized carbons (Fsp3) is 0.133. The minimum Gasteiger partial charge on any atom is -0.455 e. The topological polar surface area (TPSA) is 19.6 Å². The summed E-state index contributed by atoms with van der Waals surface area (Å²) in [6.07, 6.45) is 0. The van der Waals surface area contributed by atoms with Crippen molar-refractivity contribution in [2.45, 2.75) is 71.6 Å². The van der Waals surface area contributed by atoms with Crippen LogP contribution < -0.4 is 9.80 Å². The molecule has 0 aliphatic heterocycles. The first-order valence-corrected chi connectivity index (χ1v) is 31.5. The van der Waals surface area contributed by atoms with Gasteiger partial charge in [-0.15, -0.1) is 11.3 Å². The van der Waals surface area contributed by atoms with Gasteiger partial charge in [0, 0.05) is 48.9 Å². The van der Waals surface area contributed by atoms with Gasteiger partial charge in [-0.2, -0.15) is 0 Å². The van der Waals surface area contributed by atoms with E-state index in [1.807, 2.05) is 12.1 Å². The summed E-state index contributed by atoms with van der Waals surface area (Å²) in [4.78, 5) is 4.83. The number of benzene rings is 12. The molecule has 1 aliphatic carbocycles. The first-order valence-electron chi connectivity index (χ1n) is 30.7. The smallest absolute Gasteiger partial charge is 0.145 e. The molecule has 15 rings (SSSR count). The van der Waals surface area contributed by atoms with Gasteiger partial charge in [-0.3, -0.25) is 0 Å². The Bertz CT molecular complexity index is 5090. The van der Waals surface area contributed by atoms with Crippen LogP contribution in [0.2, 0.25) is 0 Å². The third kappa shape index (κ3) is 9.17. The zero-order valence-electron chi connectivity index (χ0n) is 51.2. The van der Waals surface area contributed by atoms with Crippen LogP contribution in [0.4, 0.5) is 42.9 Å². The molecule has 0 fully saturated rings. The summed E-state index contributed by atoms with van der Waals surface area (Å²) in [5.74, 6) is -0.649. The fourth-order valence-electron chi connectivity index (χ4n) is 14.0. The Balaban J connectivity index is 1.15. The van der Waals surface area contributed by atoms with E-state index >= 15 is 8.78 Å². The number of halogens is 2. The summed E-state index contributed by atoms with van der Waals surface area (Å²) in [5.41, 5.74) is 19.8. The lowest BCUT2D eigenvalue weighted by molar-refractivity contribution is 0.590. The Morgan fingerprint density at radius 2 is 0.910 bits per heavy atom. The molecule has 0 radical (unpaired) electrons. The predicted octanol–water partition coefficient (Wildman–Crippen LogP) is 24.1. The second-order valence-electron chi connectivity index (χ2n) is 26.0. The van der Waals surface area contributed by atoms with Crippen molar-refractivity contribution in [1.82, 2.24) is 0 Å². The monoisotopic (exact) mass is 1180 g/mol. The van der Waals surface area contributed by atoms with Crippen LogP contribution in [0.15, 0.2) is 259 Å². The lowest BCUT2D eigenvalue weighted by Gasteiger charge is -2.36. The number of para-hydroxylation sites is 1. The van der Waals surface area contributed by atoms with E-state index in [1.54, 1.807) is 35.6 Å². The molecule has 3 nitrogen and oxygen atoms in total. The molecule has 0 spiro atoms. The van der Waals surface area contributed by atoms with Crippen molar-refractivity contribution in [3.8, 4) is 33.4 Å². The molecule has 0 amide bonds. The van der Waals surface area contributed by atoms with Gasteiger partial charge in [0.1, 0.15) is 22.8 Å². The summed E-state index contributed by atoms with van der Waals surface area (Å²) < 4.78 is 42.6. The highest BCUT2D eigenvalue weighted by atomic mass is 32.1. The molecule has 0 bridgehead atoms. The standard InChI is InChI=1S/C83H66F2N2OS/c1-51-33-43-69(65(45-51)53-21-11-9-12-22-53)86(61-39-35-55(36-40-61)81(3,4)5)71-49-68-78(79-75(71)63-29-15-17-31-73(63)88-79)77-67(83(68,57-24-13-10-14-25-57)58-26-20-28-60(85)48-58)50-72(80-76(77)64-30-16-18-32-74(64)89-80)87(62-41-37-56(38-42-62)82(6,7)8)70-44-34-52(2)46-66(70)54-23-19-27-59(84)47-54/h9-50H,1-8H3. The third-order valence-electron chi connectivity index (χ3n) is 18.3. The van der Waals surface area contributed by atoms with Crippen molar-refractivity contribution < 1.29 is 13.2 Å². The highest BCUT2D eigenvalue weighted by molar-refractivity contribution is 7.26. The van der Waals surface area contributed by atoms with E-state index in [0.29, 0.717) is 0 Å². The lowest BCUT2D eigenvalue weighted by Crippen LogP contribution is -2.29. The van der Waals surface area contributed by atoms with Crippen LogP contribution in [0.5, 0.6) is 0 Å². The van der Waals surface area contributed by atoms with E-state index in [9.17, 15) is 0 Å². The SMILES string of the molecule is Cc1ccc(N(c2ccc(C(C)(C)C)cc2)c2cc3c(c4c2sc2ccccc24)-c2c(cc(N(c4ccc(C(C)(C)C)cc4)c4ccc(C)cc4-c4ccccc4)c4c2oc2ccccc24)C3(c2ccccc2)c2cccc(F)c2)c(-c2cccc(F)c2)c1. The van der Waals surface area contributed by atoms with Gasteiger partial charge in [0.2, 0.25) is 0 Å². The molecule has 12 aromatic carbocycles. The molecular formula is C83H66F2N2OS. The van der Waals surface area contributed by atoms with Crippen LogP contribution in [-0.2, 0) is 16.2 Å². The van der Waals surface area contributed by atoms with Crippen LogP contribution in [0, 0.1) is 25.5 Å². The molecule has 0 N–H and O–H groups in total. The molecule has 6 heteroatoms. The number of hydrogen-bond acceptors (Lipinski definition) is 4. The van der Waals surface area contributed by atoms with Crippen LogP contribution in [0.25, 0.3) is 75.5 Å². The number of hydrogen-bond donors (Lipinski definition) is 0. The van der Waals surface area contributed by atoms with Gasteiger partial charge < -0.3 is 14.2 Å². The van der Waals surface area contributed by atoms with Gasteiger partial charge in [0.25, 0.3) is 0 Å².